The molecule has 3 N–H and O–H groups in total. The normalized spacial score (nSPS) is 12.7. The molecule has 0 saturated heterocycles. The summed E-state index contributed by atoms with van der Waals surface area (Å²) in [5.41, 5.74) is 6.80. The van der Waals surface area contributed by atoms with Gasteiger partial charge in [0.15, 0.2) is 11.6 Å². The number of nitrogens with two attached hydrogens (primary N) is 1. The zero-order valence-corrected chi connectivity index (χ0v) is 9.59. The Labute approximate surface area is 97.2 Å². The molecule has 1 heterocycles. The molecule has 1 aromatic carbocycles. The quantitative estimate of drug-likeness (QED) is 0.843. The Morgan fingerprint density at radius 2 is 2.12 bits per heavy atom. The van der Waals surface area contributed by atoms with E-state index in [0.29, 0.717) is 11.1 Å². The number of rotatable bonds is 2. The lowest BCUT2D eigenvalue weighted by molar-refractivity contribution is 0.421. The fraction of sp³-hybridized carbons (Fsp3) is 0.167. The molecule has 0 amide bonds. The Hall–Kier alpha value is -1.39. The van der Waals surface area contributed by atoms with Crippen LogP contribution in [0.5, 0.6) is 5.75 Å². The second kappa shape index (κ2) is 4.23. The summed E-state index contributed by atoms with van der Waals surface area (Å²) in [7, 11) is 0. The second-order valence-electron chi connectivity index (χ2n) is 3.63. The first-order valence-corrected chi connectivity index (χ1v) is 5.76. The highest BCUT2D eigenvalue weighted by molar-refractivity contribution is 7.10. The van der Waals surface area contributed by atoms with Crippen LogP contribution in [-0.2, 0) is 0 Å². The topological polar surface area (TPSA) is 46.2 Å². The molecule has 1 aromatic heterocycles. The number of aromatic hydroxyl groups is 1. The smallest absolute Gasteiger partial charge is 0.168 e. The van der Waals surface area contributed by atoms with Crippen molar-refractivity contribution in [1.29, 1.82) is 0 Å². The van der Waals surface area contributed by atoms with Crippen molar-refractivity contribution in [2.24, 2.45) is 5.73 Å². The van der Waals surface area contributed by atoms with Gasteiger partial charge in [-0.1, -0.05) is 18.2 Å². The number of thiophene rings is 1. The third-order valence-corrected chi connectivity index (χ3v) is 3.48. The largest absolute Gasteiger partial charge is 0.505 e. The molecule has 2 rings (SSSR count). The van der Waals surface area contributed by atoms with Crippen LogP contribution in [0.1, 0.15) is 22.0 Å². The Morgan fingerprint density at radius 3 is 2.75 bits per heavy atom. The molecule has 0 aliphatic rings. The minimum Gasteiger partial charge on any atom is -0.505 e. The van der Waals surface area contributed by atoms with E-state index in [4.69, 9.17) is 5.73 Å². The van der Waals surface area contributed by atoms with Gasteiger partial charge in [0.05, 0.1) is 6.04 Å². The number of aryl methyl sites for hydroxylation is 1. The SMILES string of the molecule is Cc1ccc([C@@H](N)c2cccs2)c(O)c1F. The van der Waals surface area contributed by atoms with Crippen LogP contribution in [-0.4, -0.2) is 5.11 Å². The molecule has 0 spiro atoms. The Bertz CT molecular complexity index is 496. The Balaban J connectivity index is 2.45. The minimum absolute atomic E-state index is 0.346. The summed E-state index contributed by atoms with van der Waals surface area (Å²) in [4.78, 5) is 0.901. The van der Waals surface area contributed by atoms with E-state index < -0.39 is 11.9 Å². The van der Waals surface area contributed by atoms with Crippen LogP contribution in [0, 0.1) is 12.7 Å². The number of phenols is 1. The van der Waals surface area contributed by atoms with E-state index in [9.17, 15) is 9.50 Å². The number of halogens is 1. The zero-order chi connectivity index (χ0) is 11.7. The van der Waals surface area contributed by atoms with Crippen LogP contribution >= 0.6 is 11.3 Å². The van der Waals surface area contributed by atoms with Crippen LogP contribution in [0.25, 0.3) is 0 Å². The summed E-state index contributed by atoms with van der Waals surface area (Å²) < 4.78 is 13.5. The molecule has 0 fully saturated rings. The maximum absolute atomic E-state index is 13.5. The highest BCUT2D eigenvalue weighted by Gasteiger charge is 2.17. The van der Waals surface area contributed by atoms with Crippen molar-refractivity contribution >= 4 is 11.3 Å². The predicted octanol–water partition coefficient (Wildman–Crippen LogP) is 2.95. The highest BCUT2D eigenvalue weighted by Crippen LogP contribution is 2.32. The first-order chi connectivity index (χ1) is 7.61. The number of benzene rings is 1. The van der Waals surface area contributed by atoms with Crippen molar-refractivity contribution in [2.75, 3.05) is 0 Å². The van der Waals surface area contributed by atoms with Gasteiger partial charge in [-0.25, -0.2) is 4.39 Å². The van der Waals surface area contributed by atoms with Crippen molar-refractivity contribution in [1.82, 2.24) is 0 Å². The molecule has 2 aromatic rings. The van der Waals surface area contributed by atoms with Gasteiger partial charge in [-0.15, -0.1) is 11.3 Å². The van der Waals surface area contributed by atoms with Crippen LogP contribution < -0.4 is 5.73 Å². The van der Waals surface area contributed by atoms with Crippen LogP contribution in [0.3, 0.4) is 0 Å². The summed E-state index contributed by atoms with van der Waals surface area (Å²) >= 11 is 1.49. The van der Waals surface area contributed by atoms with Crippen molar-refractivity contribution in [3.63, 3.8) is 0 Å². The molecule has 16 heavy (non-hydrogen) atoms. The van der Waals surface area contributed by atoms with E-state index in [0.717, 1.165) is 4.88 Å². The molecule has 0 saturated carbocycles. The van der Waals surface area contributed by atoms with Gasteiger partial charge in [-0.3, -0.25) is 0 Å². The van der Waals surface area contributed by atoms with E-state index >= 15 is 0 Å². The molecule has 4 heteroatoms. The van der Waals surface area contributed by atoms with E-state index in [-0.39, 0.29) is 5.75 Å². The molecule has 0 radical (unpaired) electrons. The third-order valence-electron chi connectivity index (χ3n) is 2.53. The summed E-state index contributed by atoms with van der Waals surface area (Å²) in [6.07, 6.45) is 0. The predicted molar refractivity (Wildman–Crippen MR) is 63.2 cm³/mol. The highest BCUT2D eigenvalue weighted by atomic mass is 32.1. The standard InChI is InChI=1S/C12H12FNOS/c1-7-4-5-8(12(15)10(7)13)11(14)9-3-2-6-16-9/h2-6,11,15H,14H2,1H3/t11-/m1/s1. The van der Waals surface area contributed by atoms with E-state index in [1.807, 2.05) is 17.5 Å². The van der Waals surface area contributed by atoms with Crippen molar-refractivity contribution in [2.45, 2.75) is 13.0 Å². The van der Waals surface area contributed by atoms with Gasteiger partial charge in [0, 0.05) is 10.4 Å². The van der Waals surface area contributed by atoms with Crippen molar-refractivity contribution in [3.8, 4) is 5.75 Å². The minimum atomic E-state index is -0.593. The molecular weight excluding hydrogens is 225 g/mol. The molecule has 0 bridgehead atoms. The third kappa shape index (κ3) is 1.81. The number of hydrogen-bond donors (Lipinski definition) is 2. The molecule has 84 valence electrons. The molecule has 0 unspecified atom stereocenters. The molecular formula is C12H12FNOS. The van der Waals surface area contributed by atoms with Crippen molar-refractivity contribution < 1.29 is 9.50 Å². The number of hydrogen-bond acceptors (Lipinski definition) is 3. The maximum Gasteiger partial charge on any atom is 0.168 e. The zero-order valence-electron chi connectivity index (χ0n) is 8.77. The van der Waals surface area contributed by atoms with Gasteiger partial charge in [-0.2, -0.15) is 0 Å². The average molecular weight is 237 g/mol. The summed E-state index contributed by atoms with van der Waals surface area (Å²) in [5, 5.41) is 11.6. The average Bonchev–Trinajstić information content (AvgIpc) is 2.79. The number of phenolic OH excluding ortho intramolecular Hbond substituents is 1. The van der Waals surface area contributed by atoms with Crippen LogP contribution in [0.4, 0.5) is 4.39 Å². The first-order valence-electron chi connectivity index (χ1n) is 4.88. The van der Waals surface area contributed by atoms with E-state index in [1.165, 1.54) is 11.3 Å². The molecule has 0 aliphatic heterocycles. The molecule has 2 nitrogen and oxygen atoms in total. The maximum atomic E-state index is 13.5. The van der Waals surface area contributed by atoms with Gasteiger partial charge in [0.2, 0.25) is 0 Å². The van der Waals surface area contributed by atoms with E-state index in [1.54, 1.807) is 19.1 Å². The summed E-state index contributed by atoms with van der Waals surface area (Å²) in [6, 6.07) is 6.55. The van der Waals surface area contributed by atoms with Gasteiger partial charge >= 0.3 is 0 Å². The molecule has 0 aliphatic carbocycles. The molecule has 1 atom stereocenters. The lowest BCUT2D eigenvalue weighted by Crippen LogP contribution is -2.11. The van der Waals surface area contributed by atoms with Crippen LogP contribution in [0.15, 0.2) is 29.6 Å². The summed E-state index contributed by atoms with van der Waals surface area (Å²) in [6.45, 7) is 1.61. The lowest BCUT2D eigenvalue weighted by atomic mass is 10.0. The monoisotopic (exact) mass is 237 g/mol. The van der Waals surface area contributed by atoms with E-state index in [2.05, 4.69) is 0 Å². The second-order valence-corrected chi connectivity index (χ2v) is 4.61. The van der Waals surface area contributed by atoms with Gasteiger partial charge in [0.25, 0.3) is 0 Å². The fourth-order valence-electron chi connectivity index (χ4n) is 1.55. The van der Waals surface area contributed by atoms with Crippen LogP contribution in [0.2, 0.25) is 0 Å². The lowest BCUT2D eigenvalue weighted by Gasteiger charge is -2.13. The summed E-state index contributed by atoms with van der Waals surface area (Å²) in [5.74, 6) is -0.939. The fourth-order valence-corrected chi connectivity index (χ4v) is 2.30. The van der Waals surface area contributed by atoms with Gasteiger partial charge < -0.3 is 10.8 Å². The Kier molecular flexibility index (Phi) is 2.94. The van der Waals surface area contributed by atoms with Gasteiger partial charge in [-0.05, 0) is 23.9 Å². The Morgan fingerprint density at radius 1 is 1.38 bits per heavy atom. The van der Waals surface area contributed by atoms with Gasteiger partial charge in [0.1, 0.15) is 0 Å². The first kappa shape index (κ1) is 11.1. The van der Waals surface area contributed by atoms with Crippen molar-refractivity contribution in [3.05, 3.63) is 51.5 Å².